The standard InChI is InChI=1S/C23H23BrN4O3/c1-16-21(15-25-28(16)19-7-5-18(24)6-8-19)23(30)27-13-11-26(12-14-27)22(29)17-3-9-20(31-2)10-4-17/h3-10,15H,11-14H2,1-2H3. The van der Waals surface area contributed by atoms with Crippen LogP contribution in [0, 0.1) is 6.92 Å². The number of hydrogen-bond acceptors (Lipinski definition) is 4. The number of aromatic nitrogens is 2. The van der Waals surface area contributed by atoms with Crippen molar-refractivity contribution in [1.82, 2.24) is 19.6 Å². The topological polar surface area (TPSA) is 67.7 Å². The van der Waals surface area contributed by atoms with Gasteiger partial charge in [0.25, 0.3) is 11.8 Å². The van der Waals surface area contributed by atoms with Gasteiger partial charge < -0.3 is 14.5 Å². The van der Waals surface area contributed by atoms with Crippen molar-refractivity contribution in [3.05, 3.63) is 76.0 Å². The summed E-state index contributed by atoms with van der Waals surface area (Å²) in [6, 6.07) is 14.9. The Morgan fingerprint density at radius 3 is 2.06 bits per heavy atom. The molecule has 160 valence electrons. The number of carbonyl (C=O) groups excluding carboxylic acids is 2. The van der Waals surface area contributed by atoms with Crippen LogP contribution in [0.15, 0.2) is 59.2 Å². The summed E-state index contributed by atoms with van der Waals surface area (Å²) >= 11 is 3.43. The number of halogens is 1. The SMILES string of the molecule is COc1ccc(C(=O)N2CCN(C(=O)c3cnn(-c4ccc(Br)cc4)c3C)CC2)cc1. The summed E-state index contributed by atoms with van der Waals surface area (Å²) < 4.78 is 7.90. The molecule has 7 nitrogen and oxygen atoms in total. The Labute approximate surface area is 189 Å². The third kappa shape index (κ3) is 4.34. The summed E-state index contributed by atoms with van der Waals surface area (Å²) in [5.74, 6) is 0.623. The van der Waals surface area contributed by atoms with Gasteiger partial charge in [0.2, 0.25) is 0 Å². The molecule has 1 fully saturated rings. The molecule has 0 radical (unpaired) electrons. The van der Waals surface area contributed by atoms with Gasteiger partial charge in [-0.3, -0.25) is 9.59 Å². The number of benzene rings is 2. The zero-order chi connectivity index (χ0) is 22.0. The Hall–Kier alpha value is -3.13. The van der Waals surface area contributed by atoms with Crippen LogP contribution in [0.25, 0.3) is 5.69 Å². The molecule has 1 saturated heterocycles. The molecule has 1 aromatic heterocycles. The largest absolute Gasteiger partial charge is 0.497 e. The van der Waals surface area contributed by atoms with E-state index in [2.05, 4.69) is 21.0 Å². The van der Waals surface area contributed by atoms with E-state index in [-0.39, 0.29) is 11.8 Å². The molecule has 0 saturated carbocycles. The van der Waals surface area contributed by atoms with Gasteiger partial charge in [0.15, 0.2) is 0 Å². The van der Waals surface area contributed by atoms with Gasteiger partial charge in [0.1, 0.15) is 5.75 Å². The first-order valence-electron chi connectivity index (χ1n) is 10.0. The Morgan fingerprint density at radius 1 is 0.903 bits per heavy atom. The van der Waals surface area contributed by atoms with Crippen molar-refractivity contribution >= 4 is 27.7 Å². The Balaban J connectivity index is 1.41. The second-order valence-corrected chi connectivity index (χ2v) is 8.26. The average Bonchev–Trinajstić information content (AvgIpc) is 3.20. The van der Waals surface area contributed by atoms with Crippen LogP contribution < -0.4 is 4.74 Å². The normalized spacial score (nSPS) is 13.9. The van der Waals surface area contributed by atoms with E-state index < -0.39 is 0 Å². The quantitative estimate of drug-likeness (QED) is 0.570. The number of methoxy groups -OCH3 is 1. The molecule has 0 atom stereocenters. The number of rotatable bonds is 4. The van der Waals surface area contributed by atoms with E-state index in [9.17, 15) is 9.59 Å². The van der Waals surface area contributed by atoms with Crippen molar-refractivity contribution in [2.45, 2.75) is 6.92 Å². The second-order valence-electron chi connectivity index (χ2n) is 7.34. The van der Waals surface area contributed by atoms with Crippen molar-refractivity contribution in [1.29, 1.82) is 0 Å². The molecule has 3 aromatic rings. The highest BCUT2D eigenvalue weighted by Gasteiger charge is 2.27. The Bertz CT molecular complexity index is 1090. The van der Waals surface area contributed by atoms with E-state index in [4.69, 9.17) is 4.74 Å². The second kappa shape index (κ2) is 8.93. The summed E-state index contributed by atoms with van der Waals surface area (Å²) in [5.41, 5.74) is 2.89. The van der Waals surface area contributed by atoms with Gasteiger partial charge in [0.05, 0.1) is 30.3 Å². The Morgan fingerprint density at radius 2 is 1.48 bits per heavy atom. The third-order valence-corrected chi connectivity index (χ3v) is 6.03. The number of carbonyl (C=O) groups is 2. The average molecular weight is 483 g/mol. The zero-order valence-electron chi connectivity index (χ0n) is 17.4. The minimum atomic E-state index is -0.0580. The molecule has 0 N–H and O–H groups in total. The fourth-order valence-corrected chi connectivity index (χ4v) is 3.93. The Kier molecular flexibility index (Phi) is 6.08. The predicted octanol–water partition coefficient (Wildman–Crippen LogP) is 3.55. The van der Waals surface area contributed by atoms with Crippen molar-refractivity contribution < 1.29 is 14.3 Å². The molecule has 1 aliphatic heterocycles. The first-order valence-corrected chi connectivity index (χ1v) is 10.8. The number of amides is 2. The zero-order valence-corrected chi connectivity index (χ0v) is 19.0. The van der Waals surface area contributed by atoms with Gasteiger partial charge in [0, 0.05) is 36.2 Å². The molecular weight excluding hydrogens is 460 g/mol. The van der Waals surface area contributed by atoms with E-state index in [1.165, 1.54) is 0 Å². The van der Waals surface area contributed by atoms with Gasteiger partial charge in [-0.15, -0.1) is 0 Å². The fraction of sp³-hybridized carbons (Fsp3) is 0.261. The van der Waals surface area contributed by atoms with Gasteiger partial charge in [-0.1, -0.05) is 15.9 Å². The summed E-state index contributed by atoms with van der Waals surface area (Å²) in [7, 11) is 1.59. The van der Waals surface area contributed by atoms with Gasteiger partial charge >= 0.3 is 0 Å². The molecule has 0 bridgehead atoms. The molecule has 4 rings (SSSR count). The van der Waals surface area contributed by atoms with Crippen molar-refractivity contribution in [2.75, 3.05) is 33.3 Å². The lowest BCUT2D eigenvalue weighted by Gasteiger charge is -2.34. The van der Waals surface area contributed by atoms with Crippen LogP contribution in [0.3, 0.4) is 0 Å². The predicted molar refractivity (Wildman–Crippen MR) is 121 cm³/mol. The van der Waals surface area contributed by atoms with Crippen LogP contribution >= 0.6 is 15.9 Å². The number of piperazine rings is 1. The highest BCUT2D eigenvalue weighted by molar-refractivity contribution is 9.10. The van der Waals surface area contributed by atoms with Crippen LogP contribution in [0.1, 0.15) is 26.4 Å². The molecule has 2 heterocycles. The van der Waals surface area contributed by atoms with E-state index in [1.807, 2.05) is 31.2 Å². The van der Waals surface area contributed by atoms with E-state index in [0.29, 0.717) is 43.1 Å². The maximum atomic E-state index is 13.1. The molecular formula is C23H23BrN4O3. The molecule has 2 amide bonds. The monoisotopic (exact) mass is 482 g/mol. The smallest absolute Gasteiger partial charge is 0.257 e. The minimum Gasteiger partial charge on any atom is -0.497 e. The van der Waals surface area contributed by atoms with Gasteiger partial charge in [-0.05, 0) is 55.5 Å². The third-order valence-electron chi connectivity index (χ3n) is 5.50. The minimum absolute atomic E-state index is 0.0333. The first kappa shape index (κ1) is 21.1. The lowest BCUT2D eigenvalue weighted by Crippen LogP contribution is -2.50. The molecule has 0 aliphatic carbocycles. The molecule has 8 heteroatoms. The van der Waals surface area contributed by atoms with Crippen molar-refractivity contribution in [3.63, 3.8) is 0 Å². The summed E-state index contributed by atoms with van der Waals surface area (Å²) in [4.78, 5) is 29.4. The van der Waals surface area contributed by atoms with Crippen LogP contribution in [0.4, 0.5) is 0 Å². The van der Waals surface area contributed by atoms with Crippen molar-refractivity contribution in [3.8, 4) is 11.4 Å². The number of ether oxygens (including phenoxy) is 1. The lowest BCUT2D eigenvalue weighted by molar-refractivity contribution is 0.0535. The van der Waals surface area contributed by atoms with Crippen LogP contribution in [-0.4, -0.2) is 64.7 Å². The van der Waals surface area contributed by atoms with Crippen molar-refractivity contribution in [2.24, 2.45) is 0 Å². The van der Waals surface area contributed by atoms with Crippen LogP contribution in [0.2, 0.25) is 0 Å². The maximum absolute atomic E-state index is 13.1. The lowest BCUT2D eigenvalue weighted by atomic mass is 10.1. The summed E-state index contributed by atoms with van der Waals surface area (Å²) in [6.07, 6.45) is 1.62. The first-order chi connectivity index (χ1) is 15.0. The maximum Gasteiger partial charge on any atom is 0.257 e. The number of hydrogen-bond donors (Lipinski definition) is 0. The van der Waals surface area contributed by atoms with E-state index >= 15 is 0 Å². The highest BCUT2D eigenvalue weighted by Crippen LogP contribution is 2.20. The summed E-state index contributed by atoms with van der Waals surface area (Å²) in [5, 5.41) is 4.41. The molecule has 1 aliphatic rings. The molecule has 0 spiro atoms. The summed E-state index contributed by atoms with van der Waals surface area (Å²) in [6.45, 7) is 3.87. The highest BCUT2D eigenvalue weighted by atomic mass is 79.9. The van der Waals surface area contributed by atoms with Crippen LogP contribution in [0.5, 0.6) is 5.75 Å². The molecule has 0 unspecified atom stereocenters. The van der Waals surface area contributed by atoms with E-state index in [0.717, 1.165) is 15.9 Å². The van der Waals surface area contributed by atoms with Gasteiger partial charge in [-0.25, -0.2) is 4.68 Å². The molecule has 2 aromatic carbocycles. The number of nitrogens with zero attached hydrogens (tertiary/aromatic N) is 4. The van der Waals surface area contributed by atoms with Gasteiger partial charge in [-0.2, -0.15) is 5.10 Å². The molecule has 31 heavy (non-hydrogen) atoms. The van der Waals surface area contributed by atoms with E-state index in [1.54, 1.807) is 52.1 Å². The fourth-order valence-electron chi connectivity index (χ4n) is 3.66. The van der Waals surface area contributed by atoms with Crippen LogP contribution in [-0.2, 0) is 0 Å².